The summed E-state index contributed by atoms with van der Waals surface area (Å²) in [6.07, 6.45) is 1.27. The fourth-order valence-electron chi connectivity index (χ4n) is 3.02. The minimum absolute atomic E-state index is 0.144. The molecule has 1 amide bonds. The van der Waals surface area contributed by atoms with Crippen molar-refractivity contribution < 1.29 is 4.79 Å². The number of aryl methyl sites for hydroxylation is 4. The molecule has 2 aromatic rings. The Bertz CT molecular complexity index is 752. The van der Waals surface area contributed by atoms with E-state index in [2.05, 4.69) is 42.0 Å². The Balaban J connectivity index is 2.04. The van der Waals surface area contributed by atoms with Gasteiger partial charge in [-0.15, -0.1) is 0 Å². The third kappa shape index (κ3) is 2.61. The second-order valence-corrected chi connectivity index (χ2v) is 6.07. The van der Waals surface area contributed by atoms with Crippen molar-refractivity contribution in [2.75, 3.05) is 4.90 Å². The molecule has 0 unspecified atom stereocenters. The summed E-state index contributed by atoms with van der Waals surface area (Å²) in [5, 5.41) is 0. The van der Waals surface area contributed by atoms with Crippen molar-refractivity contribution in [1.82, 2.24) is 9.97 Å². The predicted molar refractivity (Wildman–Crippen MR) is 86.9 cm³/mol. The maximum atomic E-state index is 12.4. The van der Waals surface area contributed by atoms with Gasteiger partial charge >= 0.3 is 0 Å². The fourth-order valence-corrected chi connectivity index (χ4v) is 3.02. The summed E-state index contributed by atoms with van der Waals surface area (Å²) in [6.45, 7) is 8.61. The van der Waals surface area contributed by atoms with E-state index in [1.54, 1.807) is 0 Å². The van der Waals surface area contributed by atoms with E-state index in [-0.39, 0.29) is 5.91 Å². The Morgan fingerprint density at radius 1 is 1.09 bits per heavy atom. The first-order chi connectivity index (χ1) is 10.5. The molecule has 0 fully saturated rings. The van der Waals surface area contributed by atoms with Crippen molar-refractivity contribution in [2.24, 2.45) is 0 Å². The zero-order chi connectivity index (χ0) is 15.9. The average molecular weight is 295 g/mol. The van der Waals surface area contributed by atoms with Crippen molar-refractivity contribution in [1.29, 1.82) is 0 Å². The lowest BCUT2D eigenvalue weighted by molar-refractivity contribution is -0.119. The number of amides is 1. The Hall–Kier alpha value is -2.23. The van der Waals surface area contributed by atoms with Gasteiger partial charge in [-0.1, -0.05) is 23.8 Å². The van der Waals surface area contributed by atoms with Crippen LogP contribution < -0.4 is 4.90 Å². The van der Waals surface area contributed by atoms with Crippen LogP contribution in [0.4, 0.5) is 5.82 Å². The lowest BCUT2D eigenvalue weighted by Crippen LogP contribution is -2.36. The van der Waals surface area contributed by atoms with Gasteiger partial charge in [-0.25, -0.2) is 9.97 Å². The van der Waals surface area contributed by atoms with Gasteiger partial charge in [-0.3, -0.25) is 9.69 Å². The number of carbonyl (C=O) groups is 1. The lowest BCUT2D eigenvalue weighted by atomic mass is 10.0. The van der Waals surface area contributed by atoms with E-state index in [4.69, 9.17) is 0 Å². The van der Waals surface area contributed by atoms with Gasteiger partial charge in [-0.2, -0.15) is 0 Å². The molecule has 22 heavy (non-hydrogen) atoms. The molecule has 1 aliphatic rings. The Morgan fingerprint density at radius 2 is 1.86 bits per heavy atom. The molecule has 0 spiro atoms. The minimum atomic E-state index is 0.144. The van der Waals surface area contributed by atoms with Crippen molar-refractivity contribution in [3.63, 3.8) is 0 Å². The molecule has 0 saturated carbocycles. The lowest BCUT2D eigenvalue weighted by Gasteiger charge is -2.29. The van der Waals surface area contributed by atoms with Crippen molar-refractivity contribution in [3.8, 4) is 0 Å². The molecule has 0 bridgehead atoms. The third-order valence-corrected chi connectivity index (χ3v) is 4.28. The van der Waals surface area contributed by atoms with Crippen LogP contribution in [-0.4, -0.2) is 15.9 Å². The number of carbonyl (C=O) groups excluding carboxylic acids is 1. The number of benzene rings is 1. The molecular weight excluding hydrogens is 274 g/mol. The fraction of sp³-hybridized carbons (Fsp3) is 0.389. The van der Waals surface area contributed by atoms with Crippen LogP contribution in [-0.2, 0) is 17.8 Å². The van der Waals surface area contributed by atoms with Crippen LogP contribution in [0.25, 0.3) is 0 Å². The molecule has 1 aromatic carbocycles. The van der Waals surface area contributed by atoms with Crippen LogP contribution in [0.3, 0.4) is 0 Å². The molecule has 0 radical (unpaired) electrons. The Morgan fingerprint density at radius 3 is 2.64 bits per heavy atom. The maximum Gasteiger partial charge on any atom is 0.228 e. The molecule has 4 nitrogen and oxygen atoms in total. The van der Waals surface area contributed by atoms with Gasteiger partial charge in [0.25, 0.3) is 0 Å². The van der Waals surface area contributed by atoms with Crippen LogP contribution >= 0.6 is 0 Å². The van der Waals surface area contributed by atoms with Crippen molar-refractivity contribution in [2.45, 2.75) is 47.1 Å². The monoisotopic (exact) mass is 295 g/mol. The van der Waals surface area contributed by atoms with Crippen LogP contribution in [0.1, 0.15) is 40.2 Å². The molecule has 1 aromatic heterocycles. The quantitative estimate of drug-likeness (QED) is 0.854. The van der Waals surface area contributed by atoms with E-state index in [1.165, 1.54) is 16.7 Å². The first-order valence-corrected chi connectivity index (χ1v) is 7.66. The highest BCUT2D eigenvalue weighted by Crippen LogP contribution is 2.29. The summed E-state index contributed by atoms with van der Waals surface area (Å²) in [6, 6.07) is 6.36. The molecule has 4 heteroatoms. The van der Waals surface area contributed by atoms with Crippen LogP contribution in [0.5, 0.6) is 0 Å². The van der Waals surface area contributed by atoms with E-state index >= 15 is 0 Å². The summed E-state index contributed by atoms with van der Waals surface area (Å²) in [4.78, 5) is 23.3. The molecule has 0 N–H and O–H groups in total. The predicted octanol–water partition coefficient (Wildman–Crippen LogP) is 3.19. The SMILES string of the molecule is Cc1ccc(C)c(CN2C(=O)CCc3c(C)nc(C)nc32)c1. The summed E-state index contributed by atoms with van der Waals surface area (Å²) in [5.74, 6) is 1.66. The van der Waals surface area contributed by atoms with Gasteiger partial charge in [0, 0.05) is 17.7 Å². The number of anilines is 1. The zero-order valence-electron chi connectivity index (χ0n) is 13.6. The number of hydrogen-bond donors (Lipinski definition) is 0. The standard InChI is InChI=1S/C18H21N3O/c1-11-5-6-12(2)15(9-11)10-21-17(22)8-7-16-13(3)19-14(4)20-18(16)21/h5-6,9H,7-8,10H2,1-4H3. The highest BCUT2D eigenvalue weighted by molar-refractivity contribution is 5.95. The first kappa shape index (κ1) is 14.7. The van der Waals surface area contributed by atoms with E-state index in [1.807, 2.05) is 18.7 Å². The van der Waals surface area contributed by atoms with Crippen LogP contribution in [0, 0.1) is 27.7 Å². The highest BCUT2D eigenvalue weighted by Gasteiger charge is 2.28. The topological polar surface area (TPSA) is 46.1 Å². The Labute approximate surface area is 131 Å². The smallest absolute Gasteiger partial charge is 0.228 e. The van der Waals surface area contributed by atoms with Crippen molar-refractivity contribution in [3.05, 3.63) is 52.0 Å². The molecule has 1 aliphatic heterocycles. The van der Waals surface area contributed by atoms with Crippen LogP contribution in [0.2, 0.25) is 0 Å². The Kier molecular flexibility index (Phi) is 3.69. The van der Waals surface area contributed by atoms with Gasteiger partial charge in [0.05, 0.1) is 6.54 Å². The molecular formula is C18H21N3O. The molecule has 114 valence electrons. The number of nitrogens with zero attached hydrogens (tertiary/aromatic N) is 3. The molecule has 2 heterocycles. The van der Waals surface area contributed by atoms with Gasteiger partial charge < -0.3 is 0 Å². The molecule has 0 aliphatic carbocycles. The first-order valence-electron chi connectivity index (χ1n) is 7.66. The van der Waals surface area contributed by atoms with Crippen LogP contribution in [0.15, 0.2) is 18.2 Å². The van der Waals surface area contributed by atoms with E-state index in [0.29, 0.717) is 13.0 Å². The zero-order valence-corrected chi connectivity index (χ0v) is 13.6. The van der Waals surface area contributed by atoms with Gasteiger partial charge in [0.15, 0.2) is 0 Å². The number of rotatable bonds is 2. The highest BCUT2D eigenvalue weighted by atomic mass is 16.2. The maximum absolute atomic E-state index is 12.4. The summed E-state index contributed by atoms with van der Waals surface area (Å²) >= 11 is 0. The summed E-state index contributed by atoms with van der Waals surface area (Å²) in [5.41, 5.74) is 5.68. The van der Waals surface area contributed by atoms with E-state index < -0.39 is 0 Å². The number of fused-ring (bicyclic) bond motifs is 1. The second kappa shape index (κ2) is 5.52. The van der Waals surface area contributed by atoms with Gasteiger partial charge in [-0.05, 0) is 45.2 Å². The molecule has 0 atom stereocenters. The number of hydrogen-bond acceptors (Lipinski definition) is 3. The summed E-state index contributed by atoms with van der Waals surface area (Å²) in [7, 11) is 0. The van der Waals surface area contributed by atoms with E-state index in [0.717, 1.165) is 29.3 Å². The average Bonchev–Trinajstić information content (AvgIpc) is 2.45. The minimum Gasteiger partial charge on any atom is -0.292 e. The third-order valence-electron chi connectivity index (χ3n) is 4.28. The van der Waals surface area contributed by atoms with Gasteiger partial charge in [0.1, 0.15) is 11.6 Å². The molecule has 3 rings (SSSR count). The van der Waals surface area contributed by atoms with E-state index in [9.17, 15) is 4.79 Å². The largest absolute Gasteiger partial charge is 0.292 e. The van der Waals surface area contributed by atoms with Gasteiger partial charge in [0.2, 0.25) is 5.91 Å². The van der Waals surface area contributed by atoms with Crippen molar-refractivity contribution >= 4 is 11.7 Å². The summed E-state index contributed by atoms with van der Waals surface area (Å²) < 4.78 is 0. The molecule has 0 saturated heterocycles. The normalized spacial score (nSPS) is 14.2. The number of aromatic nitrogens is 2. The second-order valence-electron chi connectivity index (χ2n) is 6.07.